The first-order valence-electron chi connectivity index (χ1n) is 12.3. The number of aromatic nitrogens is 1. The zero-order valence-electron chi connectivity index (χ0n) is 21.7. The van der Waals surface area contributed by atoms with Gasteiger partial charge in [-0.15, -0.1) is 24.8 Å². The van der Waals surface area contributed by atoms with Crippen LogP contribution < -0.4 is 15.4 Å². The summed E-state index contributed by atoms with van der Waals surface area (Å²) in [6.45, 7) is 2.25. The Bertz CT molecular complexity index is 1370. The Morgan fingerprint density at radius 2 is 1.82 bits per heavy atom. The fraction of sp³-hybridized carbons (Fsp3) is 0.241. The molecule has 40 heavy (non-hydrogen) atoms. The van der Waals surface area contributed by atoms with Crippen LogP contribution in [0.15, 0.2) is 79.0 Å². The summed E-state index contributed by atoms with van der Waals surface area (Å²) < 4.78 is 11.0. The van der Waals surface area contributed by atoms with E-state index < -0.39 is 12.2 Å². The molecule has 4 N–H and O–H groups in total. The predicted octanol–water partition coefficient (Wildman–Crippen LogP) is 6.32. The van der Waals surface area contributed by atoms with E-state index in [4.69, 9.17) is 21.1 Å². The van der Waals surface area contributed by atoms with Crippen molar-refractivity contribution in [2.75, 3.05) is 25.1 Å². The van der Waals surface area contributed by atoms with E-state index in [0.29, 0.717) is 47.3 Å². The van der Waals surface area contributed by atoms with Gasteiger partial charge in [0.05, 0.1) is 24.8 Å². The van der Waals surface area contributed by atoms with E-state index in [0.717, 1.165) is 16.5 Å². The predicted molar refractivity (Wildman–Crippen MR) is 162 cm³/mol. The third-order valence-electron chi connectivity index (χ3n) is 5.91. The van der Waals surface area contributed by atoms with Crippen LogP contribution in [0.25, 0.3) is 10.9 Å². The summed E-state index contributed by atoms with van der Waals surface area (Å²) in [6.07, 6.45) is 0.976. The summed E-state index contributed by atoms with van der Waals surface area (Å²) in [4.78, 5) is 16.1. The van der Waals surface area contributed by atoms with E-state index in [1.54, 1.807) is 49.5 Å². The number of nitrogens with one attached hydrogen (secondary N) is 2. The number of aliphatic hydroxyl groups is 2. The Balaban J connectivity index is 0.00000280. The number of nitrogens with zero attached hydrogens (tertiary/aromatic N) is 1. The van der Waals surface area contributed by atoms with Gasteiger partial charge in [0.25, 0.3) is 0 Å². The van der Waals surface area contributed by atoms with E-state index >= 15 is 0 Å². The van der Waals surface area contributed by atoms with Gasteiger partial charge in [0.15, 0.2) is 0 Å². The Morgan fingerprint density at radius 3 is 2.52 bits per heavy atom. The number of hydrogen-bond acceptors (Lipinski definition) is 7. The summed E-state index contributed by atoms with van der Waals surface area (Å²) in [5.41, 5.74) is 2.98. The van der Waals surface area contributed by atoms with Gasteiger partial charge in [0.2, 0.25) is 0 Å². The molecule has 4 aromatic rings. The maximum Gasteiger partial charge on any atom is 0.411 e. The molecule has 1 amide bonds. The lowest BCUT2D eigenvalue weighted by Crippen LogP contribution is -2.37. The van der Waals surface area contributed by atoms with E-state index in [-0.39, 0.29) is 37.5 Å². The van der Waals surface area contributed by atoms with Crippen LogP contribution in [0.1, 0.15) is 24.2 Å². The van der Waals surface area contributed by atoms with Crippen molar-refractivity contribution in [2.24, 2.45) is 0 Å². The molecule has 3 aromatic carbocycles. The van der Waals surface area contributed by atoms with E-state index in [1.165, 1.54) is 0 Å². The topological polar surface area (TPSA) is 113 Å². The molecular weight excluding hydrogens is 577 g/mol. The fourth-order valence-electron chi connectivity index (χ4n) is 3.99. The number of carbonyl (C=O) groups excluding carboxylic acids is 1. The molecule has 0 spiro atoms. The normalized spacial score (nSPS) is 12.0. The Morgan fingerprint density at radius 1 is 1.05 bits per heavy atom. The lowest BCUT2D eigenvalue weighted by molar-refractivity contribution is 0.158. The van der Waals surface area contributed by atoms with Crippen LogP contribution in [0.5, 0.6) is 11.5 Å². The largest absolute Gasteiger partial charge is 0.457 e. The molecule has 11 heteroatoms. The Kier molecular flexibility index (Phi) is 13.4. The van der Waals surface area contributed by atoms with Gasteiger partial charge in [-0.25, -0.2) is 4.79 Å². The van der Waals surface area contributed by atoms with Gasteiger partial charge in [-0.1, -0.05) is 35.9 Å². The molecule has 2 atom stereocenters. The molecule has 214 valence electrons. The summed E-state index contributed by atoms with van der Waals surface area (Å²) in [5.74, 6) is 1.29. The molecule has 0 fully saturated rings. The highest BCUT2D eigenvalue weighted by Gasteiger charge is 2.14. The minimum absolute atomic E-state index is 0. The molecule has 4 rings (SSSR count). The van der Waals surface area contributed by atoms with Crippen molar-refractivity contribution in [2.45, 2.75) is 25.5 Å². The van der Waals surface area contributed by atoms with Crippen LogP contribution in [0, 0.1) is 0 Å². The smallest absolute Gasteiger partial charge is 0.411 e. The van der Waals surface area contributed by atoms with E-state index in [1.807, 2.05) is 36.4 Å². The Hall–Kier alpha value is -3.11. The number of pyridine rings is 1. The summed E-state index contributed by atoms with van der Waals surface area (Å²) in [5, 5.41) is 27.5. The molecule has 8 nitrogen and oxygen atoms in total. The highest BCUT2D eigenvalue weighted by Crippen LogP contribution is 2.30. The molecule has 0 saturated heterocycles. The first-order chi connectivity index (χ1) is 18.4. The number of benzene rings is 3. The quantitative estimate of drug-likeness (QED) is 0.158. The van der Waals surface area contributed by atoms with Gasteiger partial charge < -0.3 is 25.0 Å². The maximum absolute atomic E-state index is 11.7. The minimum atomic E-state index is -0.731. The molecule has 0 aliphatic carbocycles. The third-order valence-corrected chi connectivity index (χ3v) is 6.15. The van der Waals surface area contributed by atoms with Crippen LogP contribution >= 0.6 is 36.4 Å². The number of amides is 1. The highest BCUT2D eigenvalue weighted by atomic mass is 35.5. The average Bonchev–Trinajstić information content (AvgIpc) is 2.92. The number of halogens is 3. The molecule has 1 aromatic heterocycles. The number of carbonyl (C=O) groups is 1. The first-order valence-corrected chi connectivity index (χ1v) is 12.7. The second-order valence-electron chi connectivity index (χ2n) is 8.70. The monoisotopic (exact) mass is 607 g/mol. The van der Waals surface area contributed by atoms with Crippen LogP contribution in [0.3, 0.4) is 0 Å². The van der Waals surface area contributed by atoms with E-state index in [9.17, 15) is 15.0 Å². The lowest BCUT2D eigenvalue weighted by atomic mass is 10.0. The molecular formula is C29H32Cl3N3O5. The van der Waals surface area contributed by atoms with Crippen molar-refractivity contribution in [1.29, 1.82) is 0 Å². The number of rotatable bonds is 11. The number of aliphatic hydroxyl groups excluding tert-OH is 2. The number of anilines is 1. The molecule has 0 radical (unpaired) electrons. The van der Waals surface area contributed by atoms with Crippen molar-refractivity contribution in [1.82, 2.24) is 10.3 Å². The first kappa shape index (κ1) is 33.1. The number of fused-ring (bicyclic) bond motifs is 1. The SMILES string of the molecule is CCOC(=O)Nc1ccc2c(Oc3ccc(C[C@@H](CO)NC[C@@H](O)c4cccc(Cl)c4)cc3)ccnc2c1.Cl.Cl. The van der Waals surface area contributed by atoms with E-state index in [2.05, 4.69) is 15.6 Å². The van der Waals surface area contributed by atoms with Crippen molar-refractivity contribution in [3.05, 3.63) is 95.1 Å². The average molecular weight is 609 g/mol. The zero-order chi connectivity index (χ0) is 26.9. The van der Waals surface area contributed by atoms with Gasteiger partial charge in [-0.05, 0) is 73.0 Å². The van der Waals surface area contributed by atoms with Gasteiger partial charge >= 0.3 is 6.09 Å². The van der Waals surface area contributed by atoms with Gasteiger partial charge in [0, 0.05) is 34.9 Å². The van der Waals surface area contributed by atoms with Crippen LogP contribution in [0.2, 0.25) is 5.02 Å². The highest BCUT2D eigenvalue weighted by molar-refractivity contribution is 6.30. The number of hydrogen-bond donors (Lipinski definition) is 4. The van der Waals surface area contributed by atoms with Gasteiger partial charge in [0.1, 0.15) is 11.5 Å². The van der Waals surface area contributed by atoms with Crippen LogP contribution in [-0.4, -0.2) is 47.1 Å². The van der Waals surface area contributed by atoms with Gasteiger partial charge in [-0.2, -0.15) is 0 Å². The summed E-state index contributed by atoms with van der Waals surface area (Å²) in [7, 11) is 0. The van der Waals surface area contributed by atoms with Crippen molar-refractivity contribution >= 4 is 59.1 Å². The molecule has 0 bridgehead atoms. The Labute approximate surface area is 250 Å². The van der Waals surface area contributed by atoms with Crippen molar-refractivity contribution in [3.8, 4) is 11.5 Å². The standard InChI is InChI=1S/C29H30ClN3O5.2ClH/c1-2-37-29(36)33-22-8-11-25-26(16-22)31-13-12-28(25)38-24-9-6-19(7-10-24)14-23(18-34)32-17-27(35)20-4-3-5-21(30)15-20;;/h3-13,15-16,23,27,32,34-35H,2,14,17-18H2,1H3,(H,33,36);2*1H/t23-,27+;;/m0../s1. The van der Waals surface area contributed by atoms with Crippen LogP contribution in [-0.2, 0) is 11.2 Å². The lowest BCUT2D eigenvalue weighted by Gasteiger charge is -2.19. The minimum Gasteiger partial charge on any atom is -0.457 e. The maximum atomic E-state index is 11.7. The fourth-order valence-corrected chi connectivity index (χ4v) is 4.19. The molecule has 0 saturated carbocycles. The second kappa shape index (κ2) is 16.2. The molecule has 0 unspecified atom stereocenters. The van der Waals surface area contributed by atoms with Crippen molar-refractivity contribution < 1.29 is 24.5 Å². The van der Waals surface area contributed by atoms with Crippen molar-refractivity contribution in [3.63, 3.8) is 0 Å². The summed E-state index contributed by atoms with van der Waals surface area (Å²) in [6, 6.07) is 21.6. The van der Waals surface area contributed by atoms with Gasteiger partial charge in [-0.3, -0.25) is 10.3 Å². The molecule has 0 aliphatic heterocycles. The van der Waals surface area contributed by atoms with Crippen LogP contribution in [0.4, 0.5) is 10.5 Å². The molecule has 1 heterocycles. The summed E-state index contributed by atoms with van der Waals surface area (Å²) >= 11 is 6.01. The molecule has 0 aliphatic rings. The third kappa shape index (κ3) is 9.23. The zero-order valence-corrected chi connectivity index (χ0v) is 24.1. The number of ether oxygens (including phenoxy) is 2. The second-order valence-corrected chi connectivity index (χ2v) is 9.13.